The number of carbonyl (C=O) groups excluding carboxylic acids is 2. The van der Waals surface area contributed by atoms with Gasteiger partial charge in [0.15, 0.2) is 10.6 Å². The molecule has 4 rings (SSSR count). The van der Waals surface area contributed by atoms with E-state index in [-0.39, 0.29) is 23.6 Å². The zero-order valence-electron chi connectivity index (χ0n) is 18.7. The van der Waals surface area contributed by atoms with Crippen molar-refractivity contribution < 1.29 is 14.0 Å². The highest BCUT2D eigenvalue weighted by atomic mass is 32.1. The molecule has 0 bridgehead atoms. The van der Waals surface area contributed by atoms with Gasteiger partial charge in [-0.3, -0.25) is 9.59 Å². The molecule has 0 radical (unpaired) electrons. The van der Waals surface area contributed by atoms with E-state index in [4.69, 9.17) is 4.42 Å². The molecule has 2 aromatic carbocycles. The molecule has 0 aliphatic heterocycles. The van der Waals surface area contributed by atoms with Crippen LogP contribution < -0.4 is 10.1 Å². The molecule has 33 heavy (non-hydrogen) atoms. The number of thiazole rings is 1. The molecule has 168 valence electrons. The predicted octanol–water partition coefficient (Wildman–Crippen LogP) is 5.04. The van der Waals surface area contributed by atoms with Gasteiger partial charge in [-0.1, -0.05) is 48.0 Å². The molecule has 0 fully saturated rings. The Hall–Kier alpha value is -3.71. The molecular formula is C26H25N3O3S. The van der Waals surface area contributed by atoms with Crippen molar-refractivity contribution in [1.29, 1.82) is 0 Å². The highest BCUT2D eigenvalue weighted by Gasteiger charge is 2.16. The number of nitrogens with zero attached hydrogens (tertiary/aromatic N) is 2. The average molecular weight is 460 g/mol. The summed E-state index contributed by atoms with van der Waals surface area (Å²) >= 11 is 1.40. The van der Waals surface area contributed by atoms with Crippen LogP contribution in [0, 0.1) is 13.8 Å². The largest absolute Gasteiger partial charge is 0.454 e. The van der Waals surface area contributed by atoms with E-state index in [0.717, 1.165) is 16.8 Å². The van der Waals surface area contributed by atoms with E-state index in [1.807, 2.05) is 79.2 Å². The minimum absolute atomic E-state index is 0.140. The van der Waals surface area contributed by atoms with E-state index in [0.29, 0.717) is 22.7 Å². The molecule has 0 saturated heterocycles. The Balaban J connectivity index is 1.50. The summed E-state index contributed by atoms with van der Waals surface area (Å²) in [4.78, 5) is 30.2. The third kappa shape index (κ3) is 5.38. The maximum Gasteiger partial charge on any atom is 0.287 e. The van der Waals surface area contributed by atoms with E-state index in [2.05, 4.69) is 10.3 Å². The lowest BCUT2D eigenvalue weighted by Crippen LogP contribution is -2.26. The van der Waals surface area contributed by atoms with Gasteiger partial charge in [-0.2, -0.15) is 4.99 Å². The fourth-order valence-corrected chi connectivity index (χ4v) is 4.33. The van der Waals surface area contributed by atoms with Gasteiger partial charge in [0.05, 0.1) is 12.6 Å². The van der Waals surface area contributed by atoms with Crippen LogP contribution >= 0.6 is 11.3 Å². The Morgan fingerprint density at radius 1 is 1.06 bits per heavy atom. The minimum Gasteiger partial charge on any atom is -0.454 e. The van der Waals surface area contributed by atoms with Crippen molar-refractivity contribution in [1.82, 2.24) is 9.88 Å². The summed E-state index contributed by atoms with van der Waals surface area (Å²) < 4.78 is 7.72. The summed E-state index contributed by atoms with van der Waals surface area (Å²) in [7, 11) is 0. The number of carbonyl (C=O) groups is 2. The van der Waals surface area contributed by atoms with Gasteiger partial charge < -0.3 is 14.3 Å². The predicted molar refractivity (Wildman–Crippen MR) is 128 cm³/mol. The van der Waals surface area contributed by atoms with Crippen LogP contribution in [-0.4, -0.2) is 16.4 Å². The first-order valence-electron chi connectivity index (χ1n) is 10.7. The van der Waals surface area contributed by atoms with Crippen LogP contribution in [0.5, 0.6) is 0 Å². The van der Waals surface area contributed by atoms with Crippen molar-refractivity contribution in [3.63, 3.8) is 0 Å². The highest BCUT2D eigenvalue weighted by molar-refractivity contribution is 7.07. The van der Waals surface area contributed by atoms with Gasteiger partial charge >= 0.3 is 0 Å². The van der Waals surface area contributed by atoms with Crippen LogP contribution in [0.15, 0.2) is 81.5 Å². The van der Waals surface area contributed by atoms with Gasteiger partial charge in [-0.05, 0) is 50.6 Å². The maximum absolute atomic E-state index is 12.6. The third-order valence-electron chi connectivity index (χ3n) is 5.30. The van der Waals surface area contributed by atoms with Crippen LogP contribution in [0.1, 0.15) is 56.5 Å². The van der Waals surface area contributed by atoms with Crippen molar-refractivity contribution in [2.24, 2.45) is 4.99 Å². The van der Waals surface area contributed by atoms with Crippen molar-refractivity contribution in [2.75, 3.05) is 0 Å². The van der Waals surface area contributed by atoms with E-state index >= 15 is 0 Å². The lowest BCUT2D eigenvalue weighted by molar-refractivity contribution is 0.0909. The first-order valence-corrected chi connectivity index (χ1v) is 11.5. The summed E-state index contributed by atoms with van der Waals surface area (Å²) in [5, 5.41) is 4.90. The lowest BCUT2D eigenvalue weighted by Gasteiger charge is -2.13. The van der Waals surface area contributed by atoms with E-state index in [1.54, 1.807) is 18.2 Å². The molecule has 1 atom stereocenters. The normalized spacial score (nSPS) is 12.5. The number of nitrogens with one attached hydrogen (secondary N) is 1. The molecule has 2 aromatic heterocycles. The summed E-state index contributed by atoms with van der Waals surface area (Å²) in [5.41, 5.74) is 3.54. The number of furan rings is 1. The molecule has 7 heteroatoms. The molecule has 1 N–H and O–H groups in total. The zero-order valence-corrected chi connectivity index (χ0v) is 19.6. The number of hydrogen-bond acceptors (Lipinski definition) is 4. The van der Waals surface area contributed by atoms with Crippen molar-refractivity contribution in [3.8, 4) is 0 Å². The van der Waals surface area contributed by atoms with Gasteiger partial charge in [-0.25, -0.2) is 0 Å². The van der Waals surface area contributed by atoms with Gasteiger partial charge in [0.25, 0.3) is 11.8 Å². The van der Waals surface area contributed by atoms with Crippen LogP contribution in [0.3, 0.4) is 0 Å². The fourth-order valence-electron chi connectivity index (χ4n) is 3.46. The molecule has 6 nitrogen and oxygen atoms in total. The quantitative estimate of drug-likeness (QED) is 0.439. The Morgan fingerprint density at radius 2 is 1.85 bits per heavy atom. The first-order chi connectivity index (χ1) is 15.9. The zero-order chi connectivity index (χ0) is 23.4. The summed E-state index contributed by atoms with van der Waals surface area (Å²) in [6.07, 6.45) is 0. The maximum atomic E-state index is 12.6. The third-order valence-corrected chi connectivity index (χ3v) is 6.28. The number of aryl methyl sites for hydroxylation is 2. The second-order valence-electron chi connectivity index (χ2n) is 7.90. The first kappa shape index (κ1) is 22.5. The van der Waals surface area contributed by atoms with Crippen LogP contribution in [-0.2, 0) is 6.54 Å². The fraction of sp³-hybridized carbons (Fsp3) is 0.192. The molecule has 0 aliphatic rings. The van der Waals surface area contributed by atoms with Gasteiger partial charge in [-0.15, -0.1) is 11.3 Å². The Bertz CT molecular complexity index is 1350. The van der Waals surface area contributed by atoms with Crippen LogP contribution in [0.2, 0.25) is 0 Å². The van der Waals surface area contributed by atoms with E-state index in [9.17, 15) is 9.59 Å². The Kier molecular flexibility index (Phi) is 6.70. The second-order valence-corrected chi connectivity index (χ2v) is 8.74. The second kappa shape index (κ2) is 9.83. The van der Waals surface area contributed by atoms with E-state index < -0.39 is 0 Å². The number of benzene rings is 2. The monoisotopic (exact) mass is 459 g/mol. The van der Waals surface area contributed by atoms with Crippen molar-refractivity contribution in [3.05, 3.63) is 111 Å². The molecule has 2 amide bonds. The van der Waals surface area contributed by atoms with Gasteiger partial charge in [0.1, 0.15) is 5.76 Å². The standard InChI is InChI=1S/C26H25N3O3S/c1-17-8-7-11-21(14-17)24(30)28-26-29(18(2)16-33-26)15-22-12-13-23(32-22)25(31)27-19(3)20-9-5-4-6-10-20/h4-14,16,19H,15H2,1-3H3,(H,27,31). The molecule has 1 unspecified atom stereocenters. The molecule has 0 spiro atoms. The molecule has 4 aromatic rings. The van der Waals surface area contributed by atoms with E-state index in [1.165, 1.54) is 11.3 Å². The van der Waals surface area contributed by atoms with Crippen molar-refractivity contribution >= 4 is 23.2 Å². The molecule has 2 heterocycles. The van der Waals surface area contributed by atoms with Gasteiger partial charge in [0, 0.05) is 16.6 Å². The molecule has 0 aliphatic carbocycles. The topological polar surface area (TPSA) is 76.6 Å². The lowest BCUT2D eigenvalue weighted by atomic mass is 10.1. The highest BCUT2D eigenvalue weighted by Crippen LogP contribution is 2.15. The van der Waals surface area contributed by atoms with Crippen molar-refractivity contribution in [2.45, 2.75) is 33.4 Å². The average Bonchev–Trinajstić information content (AvgIpc) is 3.42. The number of hydrogen-bond donors (Lipinski definition) is 1. The summed E-state index contributed by atoms with van der Waals surface area (Å²) in [6.45, 7) is 6.19. The summed E-state index contributed by atoms with van der Waals surface area (Å²) in [6, 6.07) is 20.4. The molecule has 0 saturated carbocycles. The minimum atomic E-state index is -0.288. The number of aromatic nitrogens is 1. The molecular weight excluding hydrogens is 434 g/mol. The number of rotatable bonds is 6. The van der Waals surface area contributed by atoms with Crippen LogP contribution in [0.25, 0.3) is 0 Å². The van der Waals surface area contributed by atoms with Gasteiger partial charge in [0.2, 0.25) is 0 Å². The number of amides is 2. The Morgan fingerprint density at radius 3 is 2.61 bits per heavy atom. The summed E-state index contributed by atoms with van der Waals surface area (Å²) in [5.74, 6) is 0.293. The smallest absolute Gasteiger partial charge is 0.287 e. The SMILES string of the molecule is Cc1cccc(C(=O)N=c2scc(C)n2Cc2ccc(C(=O)NC(C)c3ccccc3)o2)c1. The van der Waals surface area contributed by atoms with Crippen LogP contribution in [0.4, 0.5) is 0 Å². The Labute approximate surface area is 196 Å².